The molecule has 7 heteroatoms. The van der Waals surface area contributed by atoms with Gasteiger partial charge in [-0.3, -0.25) is 0 Å². The lowest BCUT2D eigenvalue weighted by molar-refractivity contribution is -0.141. The fraction of sp³-hybridized carbons (Fsp3) is 0.733. The fourth-order valence-electron chi connectivity index (χ4n) is 3.50. The smallest absolute Gasteiger partial charge is 0.389 e. The van der Waals surface area contributed by atoms with Crippen molar-refractivity contribution < 1.29 is 18.3 Å². The van der Waals surface area contributed by atoms with Crippen LogP contribution >= 0.6 is 0 Å². The Labute approximate surface area is 127 Å². The summed E-state index contributed by atoms with van der Waals surface area (Å²) in [6.45, 7) is 2.92. The van der Waals surface area contributed by atoms with Gasteiger partial charge in [0.1, 0.15) is 5.69 Å². The molecule has 0 aromatic carbocycles. The summed E-state index contributed by atoms with van der Waals surface area (Å²) in [4.78, 5) is 9.35. The van der Waals surface area contributed by atoms with Gasteiger partial charge < -0.3 is 10.0 Å². The van der Waals surface area contributed by atoms with E-state index in [0.717, 1.165) is 31.5 Å². The molecule has 1 aromatic rings. The highest BCUT2D eigenvalue weighted by atomic mass is 19.4. The Morgan fingerprint density at radius 2 is 2.09 bits per heavy atom. The maximum Gasteiger partial charge on any atom is 0.433 e. The molecule has 2 heterocycles. The van der Waals surface area contributed by atoms with Gasteiger partial charge in [-0.25, -0.2) is 9.97 Å². The van der Waals surface area contributed by atoms with Crippen LogP contribution in [0.1, 0.15) is 38.3 Å². The summed E-state index contributed by atoms with van der Waals surface area (Å²) in [6.07, 6.45) is 0.467. The first-order chi connectivity index (χ1) is 10.3. The van der Waals surface area contributed by atoms with Gasteiger partial charge in [0.2, 0.25) is 5.95 Å². The molecule has 2 fully saturated rings. The van der Waals surface area contributed by atoms with Crippen LogP contribution in [-0.4, -0.2) is 33.8 Å². The van der Waals surface area contributed by atoms with Crippen molar-refractivity contribution >= 4 is 5.95 Å². The molecule has 0 amide bonds. The Kier molecular flexibility index (Phi) is 3.79. The number of nitrogens with zero attached hydrogens (tertiary/aromatic N) is 3. The van der Waals surface area contributed by atoms with E-state index in [2.05, 4.69) is 9.97 Å². The summed E-state index contributed by atoms with van der Waals surface area (Å²) >= 11 is 0. The average molecular weight is 315 g/mol. The summed E-state index contributed by atoms with van der Waals surface area (Å²) in [7, 11) is 0. The zero-order valence-corrected chi connectivity index (χ0v) is 12.5. The molecule has 1 aromatic heterocycles. The van der Waals surface area contributed by atoms with Crippen molar-refractivity contribution in [2.24, 2.45) is 11.8 Å². The summed E-state index contributed by atoms with van der Waals surface area (Å²) in [5.74, 6) is 0.411. The predicted molar refractivity (Wildman–Crippen MR) is 75.3 cm³/mol. The quantitative estimate of drug-likeness (QED) is 0.912. The predicted octanol–water partition coefficient (Wildman–Crippen LogP) is 2.87. The minimum absolute atomic E-state index is 0.00954. The molecule has 1 N–H and O–H groups in total. The number of hydrogen-bond donors (Lipinski definition) is 1. The number of hydrogen-bond acceptors (Lipinski definition) is 4. The van der Waals surface area contributed by atoms with Gasteiger partial charge in [-0.1, -0.05) is 13.3 Å². The van der Waals surface area contributed by atoms with Gasteiger partial charge in [-0.05, 0) is 31.2 Å². The number of alkyl halides is 3. The molecule has 0 unspecified atom stereocenters. The van der Waals surface area contributed by atoms with Crippen molar-refractivity contribution in [3.8, 4) is 0 Å². The van der Waals surface area contributed by atoms with Crippen LogP contribution in [0.15, 0.2) is 12.3 Å². The van der Waals surface area contributed by atoms with Crippen molar-refractivity contribution in [3.63, 3.8) is 0 Å². The molecular formula is C15H20F3N3O. The molecule has 1 aliphatic carbocycles. The molecule has 1 saturated heterocycles. The molecular weight excluding hydrogens is 295 g/mol. The highest BCUT2D eigenvalue weighted by Gasteiger charge is 2.47. The van der Waals surface area contributed by atoms with Gasteiger partial charge >= 0.3 is 6.18 Å². The van der Waals surface area contributed by atoms with E-state index < -0.39 is 17.5 Å². The van der Waals surface area contributed by atoms with E-state index in [1.54, 1.807) is 4.90 Å². The number of aliphatic hydroxyl groups is 1. The number of piperidine rings is 1. The molecule has 2 atom stereocenters. The van der Waals surface area contributed by atoms with Gasteiger partial charge in [0.15, 0.2) is 0 Å². The van der Waals surface area contributed by atoms with Crippen molar-refractivity contribution in [2.45, 2.75) is 44.4 Å². The van der Waals surface area contributed by atoms with Gasteiger partial charge in [0.25, 0.3) is 0 Å². The molecule has 22 heavy (non-hydrogen) atoms. The Hall–Kier alpha value is -1.37. The Bertz CT molecular complexity index is 547. The standard InChI is InChI=1S/C15H20F3N3O/c1-10-9-21(8-6-14(10,22)11-3-2-4-11)13-19-7-5-12(20-13)15(16,17)18/h5,7,10-11,22H,2-4,6,8-9H2,1H3/t10-,14+/m1/s1. The van der Waals surface area contributed by atoms with Crippen LogP contribution in [0, 0.1) is 11.8 Å². The summed E-state index contributed by atoms with van der Waals surface area (Å²) in [5, 5.41) is 10.9. The van der Waals surface area contributed by atoms with E-state index in [1.807, 2.05) is 6.92 Å². The molecule has 1 aliphatic heterocycles. The Balaban J connectivity index is 1.75. The first kappa shape index (κ1) is 15.5. The third kappa shape index (κ3) is 2.66. The third-order valence-electron chi connectivity index (χ3n) is 5.16. The van der Waals surface area contributed by atoms with Crippen LogP contribution in [0.25, 0.3) is 0 Å². The summed E-state index contributed by atoms with van der Waals surface area (Å²) in [6, 6.07) is 0.877. The van der Waals surface area contributed by atoms with Crippen LogP contribution in [0.5, 0.6) is 0 Å². The maximum atomic E-state index is 12.7. The maximum absolute atomic E-state index is 12.7. The van der Waals surface area contributed by atoms with Crippen LogP contribution in [0.2, 0.25) is 0 Å². The fourth-order valence-corrected chi connectivity index (χ4v) is 3.50. The highest BCUT2D eigenvalue weighted by Crippen LogP contribution is 2.44. The molecule has 0 radical (unpaired) electrons. The van der Waals surface area contributed by atoms with Gasteiger partial charge in [0, 0.05) is 25.2 Å². The van der Waals surface area contributed by atoms with Crippen molar-refractivity contribution in [3.05, 3.63) is 18.0 Å². The van der Waals surface area contributed by atoms with E-state index in [-0.39, 0.29) is 11.9 Å². The van der Waals surface area contributed by atoms with Crippen molar-refractivity contribution in [1.82, 2.24) is 9.97 Å². The topological polar surface area (TPSA) is 49.2 Å². The second-order valence-electron chi connectivity index (χ2n) is 6.46. The van der Waals surface area contributed by atoms with E-state index >= 15 is 0 Å². The lowest BCUT2D eigenvalue weighted by atomic mass is 9.65. The minimum atomic E-state index is -4.47. The molecule has 122 valence electrons. The van der Waals surface area contributed by atoms with E-state index in [0.29, 0.717) is 25.4 Å². The number of anilines is 1. The molecule has 2 aliphatic rings. The van der Waals surface area contributed by atoms with Crippen LogP contribution in [0.3, 0.4) is 0 Å². The lowest BCUT2D eigenvalue weighted by Gasteiger charge is -2.50. The third-order valence-corrected chi connectivity index (χ3v) is 5.16. The Morgan fingerprint density at radius 1 is 1.36 bits per heavy atom. The van der Waals surface area contributed by atoms with Gasteiger partial charge in [0.05, 0.1) is 5.60 Å². The first-order valence-electron chi connectivity index (χ1n) is 7.68. The second-order valence-corrected chi connectivity index (χ2v) is 6.46. The van der Waals surface area contributed by atoms with Crippen LogP contribution in [-0.2, 0) is 6.18 Å². The SMILES string of the molecule is C[C@@H]1CN(c2nccc(C(F)(F)F)n2)CC[C@@]1(O)C1CCC1. The average Bonchev–Trinajstić information content (AvgIpc) is 2.39. The Morgan fingerprint density at radius 3 is 2.64 bits per heavy atom. The van der Waals surface area contributed by atoms with Crippen molar-refractivity contribution in [1.29, 1.82) is 0 Å². The van der Waals surface area contributed by atoms with E-state index in [1.165, 1.54) is 0 Å². The lowest BCUT2D eigenvalue weighted by Crippen LogP contribution is -2.56. The zero-order valence-electron chi connectivity index (χ0n) is 12.5. The minimum Gasteiger partial charge on any atom is -0.389 e. The largest absolute Gasteiger partial charge is 0.433 e. The molecule has 0 bridgehead atoms. The molecule has 4 nitrogen and oxygen atoms in total. The normalized spacial score (nSPS) is 30.2. The summed E-state index contributed by atoms with van der Waals surface area (Å²) < 4.78 is 38.2. The summed E-state index contributed by atoms with van der Waals surface area (Å²) in [5.41, 5.74) is -1.62. The van der Waals surface area contributed by atoms with E-state index in [9.17, 15) is 18.3 Å². The van der Waals surface area contributed by atoms with Gasteiger partial charge in [-0.2, -0.15) is 13.2 Å². The molecule has 0 spiro atoms. The first-order valence-corrected chi connectivity index (χ1v) is 7.68. The monoisotopic (exact) mass is 315 g/mol. The number of halogens is 3. The second kappa shape index (κ2) is 5.37. The highest BCUT2D eigenvalue weighted by molar-refractivity contribution is 5.32. The number of rotatable bonds is 2. The number of aromatic nitrogens is 2. The zero-order chi connectivity index (χ0) is 16.0. The van der Waals surface area contributed by atoms with Crippen molar-refractivity contribution in [2.75, 3.05) is 18.0 Å². The molecule has 3 rings (SSSR count). The van der Waals surface area contributed by atoms with Crippen LogP contribution < -0.4 is 4.90 Å². The van der Waals surface area contributed by atoms with Crippen LogP contribution in [0.4, 0.5) is 19.1 Å². The van der Waals surface area contributed by atoms with E-state index in [4.69, 9.17) is 0 Å². The molecule has 1 saturated carbocycles. The van der Waals surface area contributed by atoms with Gasteiger partial charge in [-0.15, -0.1) is 0 Å².